The molecule has 2 heterocycles. The van der Waals surface area contributed by atoms with E-state index in [1.165, 1.54) is 0 Å². The third-order valence-corrected chi connectivity index (χ3v) is 1.85. The Morgan fingerprint density at radius 2 is 2.00 bits per heavy atom. The molecule has 0 radical (unpaired) electrons. The summed E-state index contributed by atoms with van der Waals surface area (Å²) < 4.78 is 0. The first-order valence-corrected chi connectivity index (χ1v) is 4.05. The minimum Gasteiger partial charge on any atom is -0.386 e. The third kappa shape index (κ3) is 1.30. The number of imide groups is 2. The van der Waals surface area contributed by atoms with Crippen LogP contribution in [0.2, 0.25) is 0 Å². The summed E-state index contributed by atoms with van der Waals surface area (Å²) in [5.41, 5.74) is -0.411. The number of amides is 6. The summed E-state index contributed by atoms with van der Waals surface area (Å²) in [7, 11) is 0. The number of hydrogen-bond acceptors (Lipinski definition) is 5. The van der Waals surface area contributed by atoms with Gasteiger partial charge < -0.3 is 5.11 Å². The molecule has 0 atom stereocenters. The van der Waals surface area contributed by atoms with Crippen LogP contribution in [0.15, 0.2) is 9.98 Å². The van der Waals surface area contributed by atoms with E-state index in [4.69, 9.17) is 5.11 Å². The molecule has 0 aromatic rings. The van der Waals surface area contributed by atoms with E-state index in [1.807, 2.05) is 0 Å². The van der Waals surface area contributed by atoms with Crippen molar-refractivity contribution in [3.63, 3.8) is 0 Å². The van der Waals surface area contributed by atoms with Crippen LogP contribution in [0.25, 0.3) is 0 Å². The number of nitrogens with zero attached hydrogens (tertiary/aromatic N) is 3. The Bertz CT molecular complexity index is 491. The van der Waals surface area contributed by atoms with Crippen LogP contribution >= 0.6 is 0 Å². The topological polar surface area (TPSA) is 128 Å². The van der Waals surface area contributed by atoms with Gasteiger partial charge >= 0.3 is 12.1 Å². The van der Waals surface area contributed by atoms with Gasteiger partial charge in [0.25, 0.3) is 11.8 Å². The second kappa shape index (κ2) is 3.31. The van der Waals surface area contributed by atoms with Crippen molar-refractivity contribution in [3.8, 4) is 0 Å². The van der Waals surface area contributed by atoms with Crippen molar-refractivity contribution in [2.24, 2.45) is 9.98 Å². The van der Waals surface area contributed by atoms with Crippen LogP contribution in [-0.4, -0.2) is 52.0 Å². The Balaban J connectivity index is 2.48. The lowest BCUT2D eigenvalue weighted by Gasteiger charge is -2.15. The molecule has 0 aromatic carbocycles. The van der Waals surface area contributed by atoms with E-state index in [0.29, 0.717) is 4.90 Å². The molecule has 0 saturated heterocycles. The van der Waals surface area contributed by atoms with Gasteiger partial charge in [0.1, 0.15) is 6.61 Å². The molecular weight excluding hydrogens is 220 g/mol. The molecule has 2 aliphatic heterocycles. The molecular formula is C7H4N4O5. The van der Waals surface area contributed by atoms with Gasteiger partial charge in [0.15, 0.2) is 11.5 Å². The second-order valence-corrected chi connectivity index (χ2v) is 2.82. The fraction of sp³-hybridized carbons (Fsp3) is 0.143. The average Bonchev–Trinajstić information content (AvgIpc) is 2.54. The van der Waals surface area contributed by atoms with E-state index in [2.05, 4.69) is 9.98 Å². The van der Waals surface area contributed by atoms with Crippen molar-refractivity contribution in [2.75, 3.05) is 6.61 Å². The zero-order chi connectivity index (χ0) is 11.9. The van der Waals surface area contributed by atoms with Gasteiger partial charge in [-0.3, -0.25) is 14.9 Å². The van der Waals surface area contributed by atoms with Gasteiger partial charge in [-0.05, 0) is 0 Å². The van der Waals surface area contributed by atoms with Crippen molar-refractivity contribution in [1.82, 2.24) is 10.2 Å². The monoisotopic (exact) mass is 224 g/mol. The summed E-state index contributed by atoms with van der Waals surface area (Å²) in [5, 5.41) is 10.4. The van der Waals surface area contributed by atoms with Gasteiger partial charge in [-0.15, -0.1) is 0 Å². The molecule has 0 unspecified atom stereocenters. The summed E-state index contributed by atoms with van der Waals surface area (Å²) >= 11 is 0. The maximum absolute atomic E-state index is 11.2. The highest BCUT2D eigenvalue weighted by atomic mass is 16.3. The van der Waals surface area contributed by atoms with Crippen LogP contribution in [0.1, 0.15) is 0 Å². The molecule has 2 rings (SSSR count). The number of fused-ring (bicyclic) bond motifs is 1. The molecule has 0 saturated carbocycles. The minimum atomic E-state index is -1.06. The molecule has 2 aliphatic rings. The number of aliphatic hydroxyl groups excluding tert-OH is 1. The number of nitrogens with one attached hydrogen (secondary N) is 1. The summed E-state index contributed by atoms with van der Waals surface area (Å²) in [6, 6.07) is -2.05. The summed E-state index contributed by atoms with van der Waals surface area (Å²) in [5.74, 6) is -2.36. The third-order valence-electron chi connectivity index (χ3n) is 1.85. The van der Waals surface area contributed by atoms with E-state index in [9.17, 15) is 19.2 Å². The Kier molecular flexibility index (Phi) is 2.09. The van der Waals surface area contributed by atoms with Crippen molar-refractivity contribution < 1.29 is 24.3 Å². The first-order valence-electron chi connectivity index (χ1n) is 4.05. The summed E-state index contributed by atoms with van der Waals surface area (Å²) in [6.45, 7) is -0.955. The molecule has 0 spiro atoms. The van der Waals surface area contributed by atoms with E-state index < -0.39 is 42.0 Å². The molecule has 6 amide bonds. The fourth-order valence-electron chi connectivity index (χ4n) is 1.22. The molecule has 82 valence electrons. The second-order valence-electron chi connectivity index (χ2n) is 2.82. The van der Waals surface area contributed by atoms with Crippen molar-refractivity contribution in [1.29, 1.82) is 0 Å². The Morgan fingerprint density at radius 1 is 1.31 bits per heavy atom. The number of aliphatic imine (C=N–C) groups is 2. The number of aliphatic hydroxyl groups is 1. The first-order chi connectivity index (χ1) is 7.54. The largest absolute Gasteiger partial charge is 0.386 e. The number of rotatable bonds is 1. The van der Waals surface area contributed by atoms with Gasteiger partial charge in [0.2, 0.25) is 0 Å². The smallest absolute Gasteiger partial charge is 0.357 e. The predicted octanol–water partition coefficient (Wildman–Crippen LogP) is -1.97. The zero-order valence-corrected chi connectivity index (χ0v) is 7.63. The molecule has 0 fully saturated rings. The quantitative estimate of drug-likeness (QED) is 0.533. The summed E-state index contributed by atoms with van der Waals surface area (Å²) in [6.07, 6.45) is 0. The van der Waals surface area contributed by atoms with Gasteiger partial charge in [-0.2, -0.15) is 9.98 Å². The molecule has 9 heteroatoms. The predicted molar refractivity (Wildman–Crippen MR) is 47.7 cm³/mol. The van der Waals surface area contributed by atoms with Crippen LogP contribution in [0, 0.1) is 0 Å². The highest BCUT2D eigenvalue weighted by Crippen LogP contribution is 2.11. The average molecular weight is 224 g/mol. The Morgan fingerprint density at radius 3 is 2.62 bits per heavy atom. The van der Waals surface area contributed by atoms with Crippen LogP contribution in [0.3, 0.4) is 0 Å². The Labute approximate surface area is 87.5 Å². The highest BCUT2D eigenvalue weighted by Gasteiger charge is 2.42. The molecule has 0 aromatic heterocycles. The first kappa shape index (κ1) is 10.1. The molecule has 0 bridgehead atoms. The molecule has 16 heavy (non-hydrogen) atoms. The Hall–Kier alpha value is -2.42. The number of carbonyl (C=O) groups excluding carboxylic acids is 4. The van der Waals surface area contributed by atoms with Crippen LogP contribution in [0.4, 0.5) is 9.59 Å². The van der Waals surface area contributed by atoms with E-state index in [-0.39, 0.29) is 0 Å². The lowest BCUT2D eigenvalue weighted by Crippen LogP contribution is -2.49. The maximum Gasteiger partial charge on any atom is 0.357 e. The van der Waals surface area contributed by atoms with E-state index in [1.54, 1.807) is 5.32 Å². The van der Waals surface area contributed by atoms with E-state index >= 15 is 0 Å². The van der Waals surface area contributed by atoms with Gasteiger partial charge in [-0.25, -0.2) is 14.5 Å². The van der Waals surface area contributed by atoms with Crippen LogP contribution < -0.4 is 5.32 Å². The number of urea groups is 2. The normalized spacial score (nSPS) is 19.1. The van der Waals surface area contributed by atoms with Crippen LogP contribution in [0.5, 0.6) is 0 Å². The minimum absolute atomic E-state index is 0.381. The van der Waals surface area contributed by atoms with Gasteiger partial charge in [-0.1, -0.05) is 0 Å². The van der Waals surface area contributed by atoms with Crippen molar-refractivity contribution >= 4 is 35.4 Å². The van der Waals surface area contributed by atoms with Crippen LogP contribution in [-0.2, 0) is 9.59 Å². The molecule has 9 nitrogen and oxygen atoms in total. The van der Waals surface area contributed by atoms with Crippen molar-refractivity contribution in [3.05, 3.63) is 0 Å². The molecule has 0 aliphatic carbocycles. The number of carbonyl (C=O) groups is 4. The number of hydrogen-bond donors (Lipinski definition) is 2. The lowest BCUT2D eigenvalue weighted by molar-refractivity contribution is -0.127. The molecule has 2 N–H and O–H groups in total. The highest BCUT2D eigenvalue weighted by molar-refractivity contribution is 6.73. The SMILES string of the molecule is O=C1N=C2C(=NC(=O)N2C(=O)CO)C(=O)N1. The van der Waals surface area contributed by atoms with Gasteiger partial charge in [0.05, 0.1) is 0 Å². The number of amidine groups is 1. The summed E-state index contributed by atoms with van der Waals surface area (Å²) in [4.78, 5) is 51.4. The fourth-order valence-corrected chi connectivity index (χ4v) is 1.22. The lowest BCUT2D eigenvalue weighted by atomic mass is 10.3. The van der Waals surface area contributed by atoms with Gasteiger partial charge in [0, 0.05) is 0 Å². The van der Waals surface area contributed by atoms with E-state index in [0.717, 1.165) is 0 Å². The van der Waals surface area contributed by atoms with Crippen molar-refractivity contribution in [2.45, 2.75) is 0 Å². The standard InChI is InChI=1S/C7H4N4O5/c12-1-2(13)11-4-3(8-7(11)16)5(14)10-6(15)9-4/h12H,1H2,(H,10,14,15). The maximum atomic E-state index is 11.2. The zero-order valence-electron chi connectivity index (χ0n) is 7.63.